The van der Waals surface area contributed by atoms with Gasteiger partial charge < -0.3 is 10.2 Å². The minimum absolute atomic E-state index is 0.797. The number of hydrogen-bond donors (Lipinski definition) is 1. The standard InChI is InChI=1S/C11H13N5S/c1-2-6-12-9(5-1)13-10-14-15-11(17-10)16-7-3-4-8-16/h1-2,5-6H,3-4,7-8H2,(H,12,13,14). The molecule has 1 fully saturated rings. The second-order valence-electron chi connectivity index (χ2n) is 3.92. The Morgan fingerprint density at radius 1 is 1.18 bits per heavy atom. The molecule has 0 aliphatic carbocycles. The smallest absolute Gasteiger partial charge is 0.212 e. The maximum atomic E-state index is 4.20. The second-order valence-corrected chi connectivity index (χ2v) is 4.88. The number of anilines is 3. The molecular formula is C11H13N5S. The van der Waals surface area contributed by atoms with Gasteiger partial charge in [-0.2, -0.15) is 0 Å². The minimum atomic E-state index is 0.797. The Hall–Kier alpha value is -1.69. The molecule has 0 saturated carbocycles. The first kappa shape index (κ1) is 10.5. The molecule has 1 N–H and O–H groups in total. The van der Waals surface area contributed by atoms with Crippen molar-refractivity contribution in [2.24, 2.45) is 0 Å². The van der Waals surface area contributed by atoms with E-state index in [2.05, 4.69) is 25.4 Å². The molecule has 3 rings (SSSR count). The van der Waals surface area contributed by atoms with E-state index < -0.39 is 0 Å². The summed E-state index contributed by atoms with van der Waals surface area (Å²) in [5, 5.41) is 13.3. The van der Waals surface area contributed by atoms with Crippen molar-refractivity contribution < 1.29 is 0 Å². The minimum Gasteiger partial charge on any atom is -0.347 e. The molecule has 6 heteroatoms. The fraction of sp³-hybridized carbons (Fsp3) is 0.364. The molecule has 88 valence electrons. The Bertz CT molecular complexity index is 478. The van der Waals surface area contributed by atoms with Crippen molar-refractivity contribution >= 4 is 27.4 Å². The van der Waals surface area contributed by atoms with Crippen molar-refractivity contribution in [2.45, 2.75) is 12.8 Å². The summed E-state index contributed by atoms with van der Waals surface area (Å²) in [5.41, 5.74) is 0. The monoisotopic (exact) mass is 247 g/mol. The molecule has 0 atom stereocenters. The number of nitrogens with one attached hydrogen (secondary N) is 1. The van der Waals surface area contributed by atoms with E-state index in [0.717, 1.165) is 29.2 Å². The van der Waals surface area contributed by atoms with Crippen LogP contribution in [0.5, 0.6) is 0 Å². The van der Waals surface area contributed by atoms with Gasteiger partial charge in [-0.15, -0.1) is 10.2 Å². The summed E-state index contributed by atoms with van der Waals surface area (Å²) in [7, 11) is 0. The Labute approximate surface area is 104 Å². The molecule has 0 unspecified atom stereocenters. The van der Waals surface area contributed by atoms with Crippen molar-refractivity contribution in [3.63, 3.8) is 0 Å². The zero-order valence-electron chi connectivity index (χ0n) is 9.33. The van der Waals surface area contributed by atoms with Crippen LogP contribution < -0.4 is 10.2 Å². The number of hydrogen-bond acceptors (Lipinski definition) is 6. The van der Waals surface area contributed by atoms with Gasteiger partial charge in [0.1, 0.15) is 5.82 Å². The van der Waals surface area contributed by atoms with Crippen LogP contribution in [0.25, 0.3) is 0 Å². The predicted octanol–water partition coefficient (Wildman–Crippen LogP) is 2.28. The molecule has 1 saturated heterocycles. The van der Waals surface area contributed by atoms with Gasteiger partial charge in [-0.3, -0.25) is 0 Å². The van der Waals surface area contributed by atoms with E-state index in [0.29, 0.717) is 0 Å². The van der Waals surface area contributed by atoms with Gasteiger partial charge in [0.25, 0.3) is 0 Å². The highest BCUT2D eigenvalue weighted by Gasteiger charge is 2.16. The van der Waals surface area contributed by atoms with Crippen LogP contribution in [0.4, 0.5) is 16.1 Å². The molecule has 17 heavy (non-hydrogen) atoms. The lowest BCUT2D eigenvalue weighted by molar-refractivity contribution is 0.928. The first-order chi connectivity index (χ1) is 8.42. The lowest BCUT2D eigenvalue weighted by Crippen LogP contribution is -2.17. The maximum absolute atomic E-state index is 4.20. The van der Waals surface area contributed by atoms with E-state index in [-0.39, 0.29) is 0 Å². The summed E-state index contributed by atoms with van der Waals surface area (Å²) in [5.74, 6) is 0.802. The van der Waals surface area contributed by atoms with Gasteiger partial charge in [0.2, 0.25) is 10.3 Å². The summed E-state index contributed by atoms with van der Waals surface area (Å²) in [6.45, 7) is 2.19. The average molecular weight is 247 g/mol. The van der Waals surface area contributed by atoms with Crippen molar-refractivity contribution in [3.8, 4) is 0 Å². The van der Waals surface area contributed by atoms with Crippen LogP contribution in [0, 0.1) is 0 Å². The highest BCUT2D eigenvalue weighted by Crippen LogP contribution is 2.28. The van der Waals surface area contributed by atoms with Crippen molar-refractivity contribution in [3.05, 3.63) is 24.4 Å². The van der Waals surface area contributed by atoms with E-state index in [1.54, 1.807) is 17.5 Å². The zero-order valence-corrected chi connectivity index (χ0v) is 10.2. The Balaban J connectivity index is 1.72. The molecule has 0 spiro atoms. The summed E-state index contributed by atoms with van der Waals surface area (Å²) in [4.78, 5) is 6.47. The summed E-state index contributed by atoms with van der Waals surface area (Å²) in [6, 6.07) is 5.75. The highest BCUT2D eigenvalue weighted by atomic mass is 32.1. The zero-order chi connectivity index (χ0) is 11.5. The predicted molar refractivity (Wildman–Crippen MR) is 68.9 cm³/mol. The number of nitrogens with zero attached hydrogens (tertiary/aromatic N) is 4. The fourth-order valence-corrected chi connectivity index (χ4v) is 2.65. The molecule has 1 aliphatic heterocycles. The third kappa shape index (κ3) is 2.36. The Kier molecular flexibility index (Phi) is 2.87. The van der Waals surface area contributed by atoms with Crippen LogP contribution in [-0.2, 0) is 0 Å². The van der Waals surface area contributed by atoms with E-state index in [1.165, 1.54) is 12.8 Å². The van der Waals surface area contributed by atoms with Crippen molar-refractivity contribution in [2.75, 3.05) is 23.3 Å². The average Bonchev–Trinajstić information content (AvgIpc) is 3.00. The Morgan fingerprint density at radius 2 is 2.06 bits per heavy atom. The van der Waals surface area contributed by atoms with E-state index in [4.69, 9.17) is 0 Å². The van der Waals surface area contributed by atoms with Gasteiger partial charge in [-0.25, -0.2) is 4.98 Å². The number of pyridine rings is 1. The summed E-state index contributed by atoms with van der Waals surface area (Å²) in [6.07, 6.45) is 4.26. The second kappa shape index (κ2) is 4.67. The van der Waals surface area contributed by atoms with Gasteiger partial charge in [0.15, 0.2) is 0 Å². The van der Waals surface area contributed by atoms with Gasteiger partial charge in [0.05, 0.1) is 0 Å². The van der Waals surface area contributed by atoms with Crippen molar-refractivity contribution in [1.29, 1.82) is 0 Å². The summed E-state index contributed by atoms with van der Waals surface area (Å²) >= 11 is 1.58. The quantitative estimate of drug-likeness (QED) is 0.901. The third-order valence-corrected chi connectivity index (χ3v) is 3.59. The number of aromatic nitrogens is 3. The topological polar surface area (TPSA) is 53.9 Å². The molecule has 2 aromatic rings. The molecule has 0 aromatic carbocycles. The largest absolute Gasteiger partial charge is 0.347 e. The molecule has 0 radical (unpaired) electrons. The first-order valence-corrected chi connectivity index (χ1v) is 6.50. The van der Waals surface area contributed by atoms with E-state index in [9.17, 15) is 0 Å². The van der Waals surface area contributed by atoms with Crippen LogP contribution in [0.15, 0.2) is 24.4 Å². The molecule has 5 nitrogen and oxygen atoms in total. The van der Waals surface area contributed by atoms with Crippen LogP contribution in [0.3, 0.4) is 0 Å². The Morgan fingerprint density at radius 3 is 2.82 bits per heavy atom. The lowest BCUT2D eigenvalue weighted by Gasteiger charge is -2.10. The van der Waals surface area contributed by atoms with E-state index >= 15 is 0 Å². The number of rotatable bonds is 3. The molecule has 0 bridgehead atoms. The molecule has 3 heterocycles. The molecular weight excluding hydrogens is 234 g/mol. The van der Waals surface area contributed by atoms with Gasteiger partial charge in [-0.05, 0) is 25.0 Å². The van der Waals surface area contributed by atoms with Crippen molar-refractivity contribution in [1.82, 2.24) is 15.2 Å². The normalized spacial score (nSPS) is 15.2. The van der Waals surface area contributed by atoms with Gasteiger partial charge >= 0.3 is 0 Å². The first-order valence-electron chi connectivity index (χ1n) is 5.68. The van der Waals surface area contributed by atoms with Crippen LogP contribution >= 0.6 is 11.3 Å². The van der Waals surface area contributed by atoms with E-state index in [1.807, 2.05) is 18.2 Å². The molecule has 0 amide bonds. The van der Waals surface area contributed by atoms with Gasteiger partial charge in [0, 0.05) is 19.3 Å². The summed E-state index contributed by atoms with van der Waals surface area (Å²) < 4.78 is 0. The maximum Gasteiger partial charge on any atom is 0.212 e. The molecule has 1 aliphatic rings. The fourth-order valence-electron chi connectivity index (χ4n) is 1.85. The van der Waals surface area contributed by atoms with Crippen LogP contribution in [0.1, 0.15) is 12.8 Å². The highest BCUT2D eigenvalue weighted by molar-refractivity contribution is 7.19. The van der Waals surface area contributed by atoms with Gasteiger partial charge in [-0.1, -0.05) is 17.4 Å². The molecule has 2 aromatic heterocycles. The van der Waals surface area contributed by atoms with Crippen LogP contribution in [-0.4, -0.2) is 28.3 Å². The lowest BCUT2D eigenvalue weighted by atomic mass is 10.4. The third-order valence-electron chi connectivity index (χ3n) is 2.69. The SMILES string of the molecule is c1ccc(Nc2nnc(N3CCCC3)s2)nc1. The van der Waals surface area contributed by atoms with Crippen LogP contribution in [0.2, 0.25) is 0 Å².